The smallest absolute Gasteiger partial charge is 0.317 e. The zero-order valence-corrected chi connectivity index (χ0v) is 60.3. The second-order valence-corrected chi connectivity index (χ2v) is 33.5. The first-order valence-electron chi connectivity index (χ1n) is 36.9. The molecule has 41 atom stereocenters. The van der Waals surface area contributed by atoms with E-state index in [9.17, 15) is 117 Å². The van der Waals surface area contributed by atoms with Gasteiger partial charge in [-0.15, -0.1) is 0 Å². The molecule has 38 heteroatoms. The van der Waals surface area contributed by atoms with Crippen LogP contribution in [0.2, 0.25) is 0 Å². The minimum absolute atomic E-state index is 0.00104. The largest absolute Gasteiger partial charge is 0.432 e. The van der Waals surface area contributed by atoms with Crippen molar-refractivity contribution >= 4 is 5.97 Å². The highest BCUT2D eigenvalue weighted by Gasteiger charge is 2.74. The number of rotatable bonds is 20. The van der Waals surface area contributed by atoms with Crippen molar-refractivity contribution in [2.75, 3.05) is 59.5 Å². The van der Waals surface area contributed by atoms with E-state index in [0.717, 1.165) is 5.57 Å². The highest BCUT2D eigenvalue weighted by molar-refractivity contribution is 5.80. The Hall–Kier alpha value is -2.23. The molecule has 0 amide bonds. The number of aliphatic hydroxyl groups excluding tert-OH is 22. The van der Waals surface area contributed by atoms with E-state index in [1.165, 1.54) is 6.92 Å². The molecular weight excluding hydrogens is 1440 g/mol. The Morgan fingerprint density at radius 1 is 0.495 bits per heavy atom. The molecule has 0 aromatic carbocycles. The SMILES string of the molecule is C[C@@H]1O[C@@H](O[C@H]2[C@H](OC(=O)[C@]34CCC(C)(C)C[C@H]3C3=CC[C@@H]5[C@@]6(C)C[C@H](O)[C@H](O[C@@H]7O[C@H](CO[C@@H]8O[C@H](CO[C@@H]9O[C@H](CO)[C@@H](O)[C@H](O)[C@H]9O)[C@@H](O)[C@H](O)[C@H]8O)[C@@H](O)[C@H](O)[C@H]7O)C(CO)(CO)[C@H]6CC[C@@]5(C)[C@]3(C)C[C@H]4O)OC[C@H](O)[C@@H]2O)[C@H](O)[C@H](O)[C@H]1O[C@@H]1OC[C@@H](O)[C@H](O[C@@H]2OC[C@](O)(CO)[C@H]2O)[C@H]1O. The van der Waals surface area contributed by atoms with Crippen LogP contribution in [0.15, 0.2) is 11.6 Å². The highest BCUT2D eigenvalue weighted by atomic mass is 16.8. The van der Waals surface area contributed by atoms with Gasteiger partial charge in [0.15, 0.2) is 43.8 Å². The number of aliphatic hydroxyl groups is 23. The first kappa shape index (κ1) is 84.2. The predicted octanol–water partition coefficient (Wildman–Crippen LogP) is -9.73. The lowest BCUT2D eigenvalue weighted by molar-refractivity contribution is -0.372. The summed E-state index contributed by atoms with van der Waals surface area (Å²) in [4.78, 5) is 15.6. The maximum Gasteiger partial charge on any atom is 0.317 e. The fraction of sp³-hybridized carbons (Fsp3) is 0.957. The van der Waals surface area contributed by atoms with E-state index in [-0.39, 0.29) is 31.6 Å². The molecule has 5 aliphatic carbocycles. The average Bonchev–Trinajstić information content (AvgIpc) is 0.939. The minimum Gasteiger partial charge on any atom is -0.432 e. The molecule has 12 aliphatic rings. The van der Waals surface area contributed by atoms with Gasteiger partial charge in [0.1, 0.15) is 139 Å². The van der Waals surface area contributed by atoms with Crippen LogP contribution in [0.3, 0.4) is 0 Å². The van der Waals surface area contributed by atoms with Crippen LogP contribution in [0.1, 0.15) is 92.9 Å². The molecule has 12 rings (SSSR count). The monoisotopic (exact) mass is 1550 g/mol. The fourth-order valence-corrected chi connectivity index (χ4v) is 20.2. The molecule has 0 aromatic rings. The quantitative estimate of drug-likeness (QED) is 0.0306. The van der Waals surface area contributed by atoms with Crippen molar-refractivity contribution in [2.45, 2.75) is 301 Å². The number of allylic oxidation sites excluding steroid dienone is 2. The maximum absolute atomic E-state index is 15.6. The van der Waals surface area contributed by atoms with Crippen molar-refractivity contribution in [2.24, 2.45) is 50.2 Å². The first-order valence-corrected chi connectivity index (χ1v) is 36.9. The van der Waals surface area contributed by atoms with Crippen LogP contribution in [0.4, 0.5) is 0 Å². The lowest BCUT2D eigenvalue weighted by Gasteiger charge is -2.72. The van der Waals surface area contributed by atoms with Gasteiger partial charge in [-0.1, -0.05) is 46.3 Å². The van der Waals surface area contributed by atoms with Crippen LogP contribution in [0.5, 0.6) is 0 Å². The fourth-order valence-electron chi connectivity index (χ4n) is 20.2. The summed E-state index contributed by atoms with van der Waals surface area (Å²) in [7, 11) is 0. The van der Waals surface area contributed by atoms with Gasteiger partial charge >= 0.3 is 5.97 Å². The number of carbonyl (C=O) groups is 1. The van der Waals surface area contributed by atoms with E-state index in [1.807, 2.05) is 13.8 Å². The molecule has 0 radical (unpaired) electrons. The van der Waals surface area contributed by atoms with E-state index in [0.29, 0.717) is 25.7 Å². The van der Waals surface area contributed by atoms with E-state index in [1.54, 1.807) is 0 Å². The van der Waals surface area contributed by atoms with E-state index < -0.39 is 318 Å². The van der Waals surface area contributed by atoms with Gasteiger partial charge in [-0.3, -0.25) is 4.79 Å². The van der Waals surface area contributed by atoms with Gasteiger partial charge in [0.25, 0.3) is 0 Å². The summed E-state index contributed by atoms with van der Waals surface area (Å²) < 4.78 is 81.5. The van der Waals surface area contributed by atoms with Crippen LogP contribution >= 0.6 is 0 Å². The molecule has 616 valence electrons. The zero-order chi connectivity index (χ0) is 78.1. The molecule has 7 aliphatic heterocycles. The van der Waals surface area contributed by atoms with Crippen LogP contribution < -0.4 is 0 Å². The van der Waals surface area contributed by atoms with Crippen molar-refractivity contribution in [3.63, 3.8) is 0 Å². The van der Waals surface area contributed by atoms with Crippen molar-refractivity contribution in [3.8, 4) is 0 Å². The summed E-state index contributed by atoms with van der Waals surface area (Å²) >= 11 is 0. The molecule has 38 nitrogen and oxygen atoms in total. The summed E-state index contributed by atoms with van der Waals surface area (Å²) in [6.07, 6.45) is -53.4. The molecule has 7 heterocycles. The van der Waals surface area contributed by atoms with Gasteiger partial charge in [0.2, 0.25) is 6.29 Å². The number of ether oxygens (including phenoxy) is 14. The Labute approximate surface area is 615 Å². The molecule has 11 fully saturated rings. The summed E-state index contributed by atoms with van der Waals surface area (Å²) in [5, 5.41) is 255. The Morgan fingerprint density at radius 3 is 1.64 bits per heavy atom. The summed E-state index contributed by atoms with van der Waals surface area (Å²) in [5.41, 5.74) is -7.63. The van der Waals surface area contributed by atoms with Crippen LogP contribution in [0.25, 0.3) is 0 Å². The Morgan fingerprint density at radius 2 is 1.04 bits per heavy atom. The topological polar surface area (TPSA) is 612 Å². The van der Waals surface area contributed by atoms with Crippen molar-refractivity contribution < 1.29 is 189 Å². The number of esters is 1. The molecule has 0 bridgehead atoms. The maximum atomic E-state index is 15.6. The van der Waals surface area contributed by atoms with Gasteiger partial charge in [-0.25, -0.2) is 0 Å². The lowest BCUT2D eigenvalue weighted by atomic mass is 9.33. The average molecular weight is 1550 g/mol. The molecule has 7 saturated heterocycles. The van der Waals surface area contributed by atoms with Crippen LogP contribution in [0, 0.1) is 50.2 Å². The third-order valence-corrected chi connectivity index (χ3v) is 26.8. The lowest BCUT2D eigenvalue weighted by Crippen LogP contribution is -2.71. The predicted molar refractivity (Wildman–Crippen MR) is 347 cm³/mol. The van der Waals surface area contributed by atoms with E-state index in [4.69, 9.17) is 66.3 Å². The van der Waals surface area contributed by atoms with E-state index in [2.05, 4.69) is 26.8 Å². The number of hydrogen-bond donors (Lipinski definition) is 23. The van der Waals surface area contributed by atoms with E-state index >= 15 is 4.79 Å². The van der Waals surface area contributed by atoms with Gasteiger partial charge in [0.05, 0.1) is 83.9 Å². The Balaban J connectivity index is 0.725. The molecular formula is C69H112O38. The van der Waals surface area contributed by atoms with Gasteiger partial charge in [0, 0.05) is 5.41 Å². The van der Waals surface area contributed by atoms with Crippen LogP contribution in [-0.4, -0.2) is 391 Å². The van der Waals surface area contributed by atoms with Crippen molar-refractivity contribution in [3.05, 3.63) is 11.6 Å². The number of carbonyl (C=O) groups excluding carboxylic acids is 1. The third kappa shape index (κ3) is 14.4. The Bertz CT molecular complexity index is 3050. The van der Waals surface area contributed by atoms with Gasteiger partial charge in [-0.05, 0) is 97.7 Å². The van der Waals surface area contributed by atoms with Crippen LogP contribution in [-0.2, 0) is 71.1 Å². The second kappa shape index (κ2) is 31.8. The molecule has 23 N–H and O–H groups in total. The van der Waals surface area contributed by atoms with Gasteiger partial charge in [-0.2, -0.15) is 0 Å². The minimum atomic E-state index is -2.10. The Kier molecular flexibility index (Phi) is 25.0. The first-order chi connectivity index (χ1) is 50.3. The third-order valence-electron chi connectivity index (χ3n) is 26.8. The highest BCUT2D eigenvalue weighted by Crippen LogP contribution is 2.76. The van der Waals surface area contributed by atoms with Crippen molar-refractivity contribution in [1.29, 1.82) is 0 Å². The molecule has 4 saturated carbocycles. The van der Waals surface area contributed by atoms with Gasteiger partial charge < -0.3 is 184 Å². The second-order valence-electron chi connectivity index (χ2n) is 33.5. The molecule has 0 unspecified atom stereocenters. The number of fused-ring (bicyclic) bond motifs is 7. The summed E-state index contributed by atoms with van der Waals surface area (Å²) in [5.74, 6) is -2.64. The molecule has 0 spiro atoms. The molecule has 0 aromatic heterocycles. The zero-order valence-electron chi connectivity index (χ0n) is 60.3. The standard InChI is InChI=1S/C69H112O38/c1-25-50(103-57-49(90)51(30(76)18-94-57)104-61-53(91)68(93,23-73)24-98-61)44(85)48(89)58(99-25)105-52-37(78)29(75)17-95-60(52)107-62(92)69-12-11-63(2,3)13-27(69)26-7-8-34-64(4)14-28(74)54(67(21-71,22-72)35(64)9-10-65(34,5)66(26,6)15-36(69)77)106-59-47(88)43(84)40(81)33(102-59)20-97-56-46(87)42(83)39(80)32(101-56)19-96-55-45(86)41(82)38(79)31(16-70)100-55/h7,25,27-61,70-91,93H,8-24H2,1-6H3/t25-,27-,28-,29-,30+,31+,32+,33+,34+,35-,36+,37-,38+,39+,40+,41-,42-,43-,44-,45+,46+,47+,48+,49+,50-,51-,52+,53-,54-,55+,56+,57-,58-,59-,60-,61-,64+,65+,66+,68+,69+/m0/s1. The van der Waals surface area contributed by atoms with Crippen molar-refractivity contribution in [1.82, 2.24) is 0 Å². The normalized spacial score (nSPS) is 54.0. The number of hydrogen-bond acceptors (Lipinski definition) is 38. The summed E-state index contributed by atoms with van der Waals surface area (Å²) in [6.45, 7) is 5.28. The summed E-state index contributed by atoms with van der Waals surface area (Å²) in [6, 6.07) is 0. The molecule has 107 heavy (non-hydrogen) atoms.